The maximum Gasteiger partial charge on any atom is 0.300 e. The zero-order valence-electron chi connectivity index (χ0n) is 9.30. The molecule has 17 heavy (non-hydrogen) atoms. The molecule has 1 rings (SSSR count). The van der Waals surface area contributed by atoms with E-state index in [1.807, 2.05) is 5.43 Å². The zero-order valence-corrected chi connectivity index (χ0v) is 10.9. The summed E-state index contributed by atoms with van der Waals surface area (Å²) in [4.78, 5) is 11.1. The molecule has 0 saturated heterocycles. The average molecular weight is 278 g/mol. The van der Waals surface area contributed by atoms with Crippen LogP contribution in [0.2, 0.25) is 0 Å². The van der Waals surface area contributed by atoms with Crippen LogP contribution < -0.4 is 11.3 Å². The quantitative estimate of drug-likeness (QED) is 0.332. The number of hydrazine groups is 1. The van der Waals surface area contributed by atoms with Crippen molar-refractivity contribution in [2.75, 3.05) is 17.8 Å². The van der Waals surface area contributed by atoms with Gasteiger partial charge in [-0.15, -0.1) is 0 Å². The topological polar surface area (TPSA) is 102 Å². The van der Waals surface area contributed by atoms with Gasteiger partial charge in [-0.25, -0.2) is 14.3 Å². The van der Waals surface area contributed by atoms with Gasteiger partial charge in [0, 0.05) is 12.0 Å². The summed E-state index contributed by atoms with van der Waals surface area (Å²) in [5.41, 5.74) is 1.96. The molecule has 0 radical (unpaired) electrons. The predicted molar refractivity (Wildman–Crippen MR) is 66.2 cm³/mol. The number of furan rings is 1. The standard InChI is InChI=1S/C9H14N2O4S2/c1-17(13,14)5-4-16-6-7-2-3-8(15-7)9(12)11-10/h2-3H,4-6,10H2,1H3,(H,11,12). The summed E-state index contributed by atoms with van der Waals surface area (Å²) >= 11 is 1.43. The first-order valence-corrected chi connectivity index (χ1v) is 7.99. The van der Waals surface area contributed by atoms with Gasteiger partial charge in [0.2, 0.25) is 0 Å². The van der Waals surface area contributed by atoms with Crippen molar-refractivity contribution in [1.29, 1.82) is 0 Å². The van der Waals surface area contributed by atoms with Crippen molar-refractivity contribution < 1.29 is 17.6 Å². The van der Waals surface area contributed by atoms with Crippen LogP contribution in [0.15, 0.2) is 16.5 Å². The molecule has 1 amide bonds. The first-order chi connectivity index (χ1) is 7.92. The monoisotopic (exact) mass is 278 g/mol. The Labute approximate surface area is 104 Å². The fourth-order valence-electron chi connectivity index (χ4n) is 1.03. The molecular formula is C9H14N2O4S2. The van der Waals surface area contributed by atoms with Gasteiger partial charge >= 0.3 is 5.91 Å². The molecule has 0 aliphatic heterocycles. The molecule has 1 aromatic rings. The van der Waals surface area contributed by atoms with Crippen molar-refractivity contribution in [1.82, 2.24) is 5.43 Å². The molecule has 0 aliphatic rings. The van der Waals surface area contributed by atoms with Crippen molar-refractivity contribution in [3.63, 3.8) is 0 Å². The minimum absolute atomic E-state index is 0.133. The number of rotatable bonds is 6. The van der Waals surface area contributed by atoms with E-state index in [1.54, 1.807) is 6.07 Å². The van der Waals surface area contributed by atoms with Crippen molar-refractivity contribution >= 4 is 27.5 Å². The molecule has 1 aromatic heterocycles. The normalized spacial score (nSPS) is 11.4. The van der Waals surface area contributed by atoms with E-state index in [4.69, 9.17) is 10.3 Å². The van der Waals surface area contributed by atoms with Crippen LogP contribution in [-0.4, -0.2) is 32.1 Å². The van der Waals surface area contributed by atoms with Gasteiger partial charge in [-0.1, -0.05) is 0 Å². The second kappa shape index (κ2) is 6.08. The van der Waals surface area contributed by atoms with Gasteiger partial charge in [-0.05, 0) is 12.1 Å². The molecule has 0 saturated carbocycles. The third kappa shape index (κ3) is 5.24. The van der Waals surface area contributed by atoms with Crippen molar-refractivity contribution in [2.24, 2.45) is 5.84 Å². The number of carbonyl (C=O) groups is 1. The van der Waals surface area contributed by atoms with Crippen LogP contribution in [0.3, 0.4) is 0 Å². The van der Waals surface area contributed by atoms with Crippen LogP contribution in [0.4, 0.5) is 0 Å². The number of sulfone groups is 1. The highest BCUT2D eigenvalue weighted by Gasteiger charge is 2.09. The molecule has 0 atom stereocenters. The first kappa shape index (κ1) is 14.1. The largest absolute Gasteiger partial charge is 0.455 e. The molecule has 0 fully saturated rings. The lowest BCUT2D eigenvalue weighted by Gasteiger charge is -1.98. The molecule has 0 aliphatic carbocycles. The Kier molecular flexibility index (Phi) is 5.03. The molecule has 3 N–H and O–H groups in total. The van der Waals surface area contributed by atoms with E-state index in [0.29, 0.717) is 17.3 Å². The van der Waals surface area contributed by atoms with Crippen LogP contribution in [0, 0.1) is 0 Å². The molecule has 0 bridgehead atoms. The van der Waals surface area contributed by atoms with E-state index in [1.165, 1.54) is 24.1 Å². The third-order valence-electron chi connectivity index (χ3n) is 1.86. The van der Waals surface area contributed by atoms with Crippen LogP contribution in [0.5, 0.6) is 0 Å². The van der Waals surface area contributed by atoms with Gasteiger partial charge in [0.05, 0.1) is 11.5 Å². The Morgan fingerprint density at radius 3 is 2.82 bits per heavy atom. The molecule has 0 unspecified atom stereocenters. The SMILES string of the molecule is CS(=O)(=O)CCSCc1ccc(C(=O)NN)o1. The van der Waals surface area contributed by atoms with Gasteiger partial charge in [0.25, 0.3) is 0 Å². The Balaban J connectivity index is 2.38. The molecular weight excluding hydrogens is 264 g/mol. The van der Waals surface area contributed by atoms with Crippen molar-refractivity contribution in [2.45, 2.75) is 5.75 Å². The van der Waals surface area contributed by atoms with Gasteiger partial charge < -0.3 is 4.42 Å². The predicted octanol–water partition coefficient (Wildman–Crippen LogP) is 0.161. The summed E-state index contributed by atoms with van der Waals surface area (Å²) in [6, 6.07) is 3.19. The maximum absolute atomic E-state index is 11.1. The number of nitrogen functional groups attached to an aromatic ring is 1. The van der Waals surface area contributed by atoms with Crippen molar-refractivity contribution in [3.05, 3.63) is 23.7 Å². The minimum atomic E-state index is -2.92. The first-order valence-electron chi connectivity index (χ1n) is 4.77. The Bertz CT molecular complexity index is 481. The van der Waals surface area contributed by atoms with E-state index in [9.17, 15) is 13.2 Å². The number of nitrogens with one attached hydrogen (secondary N) is 1. The molecule has 0 spiro atoms. The van der Waals surface area contributed by atoms with Gasteiger partial charge in [0.15, 0.2) is 5.76 Å². The van der Waals surface area contributed by atoms with E-state index in [-0.39, 0.29) is 11.5 Å². The molecule has 0 aromatic carbocycles. The van der Waals surface area contributed by atoms with Gasteiger partial charge in [-0.3, -0.25) is 10.2 Å². The van der Waals surface area contributed by atoms with Gasteiger partial charge in [0.1, 0.15) is 15.6 Å². The van der Waals surface area contributed by atoms with Crippen molar-refractivity contribution in [3.8, 4) is 0 Å². The fourth-order valence-corrected chi connectivity index (χ4v) is 3.21. The van der Waals surface area contributed by atoms with Crippen LogP contribution in [0.1, 0.15) is 16.3 Å². The fraction of sp³-hybridized carbons (Fsp3) is 0.444. The van der Waals surface area contributed by atoms with Crippen LogP contribution in [-0.2, 0) is 15.6 Å². The van der Waals surface area contributed by atoms with E-state index < -0.39 is 15.7 Å². The number of thioether (sulfide) groups is 1. The highest BCUT2D eigenvalue weighted by Crippen LogP contribution is 2.15. The lowest BCUT2D eigenvalue weighted by atomic mass is 10.4. The lowest BCUT2D eigenvalue weighted by Crippen LogP contribution is -2.29. The van der Waals surface area contributed by atoms with E-state index in [0.717, 1.165) is 0 Å². The summed E-state index contributed by atoms with van der Waals surface area (Å²) in [5, 5.41) is 0. The average Bonchev–Trinajstić information content (AvgIpc) is 2.70. The number of nitrogens with two attached hydrogens (primary N) is 1. The number of amides is 1. The summed E-state index contributed by atoms with van der Waals surface area (Å²) in [7, 11) is -2.92. The highest BCUT2D eigenvalue weighted by atomic mass is 32.2. The Morgan fingerprint density at radius 1 is 1.53 bits per heavy atom. The van der Waals surface area contributed by atoms with E-state index >= 15 is 0 Å². The Hall–Kier alpha value is -0.990. The summed E-state index contributed by atoms with van der Waals surface area (Å²) in [6.07, 6.45) is 1.20. The molecule has 96 valence electrons. The maximum atomic E-state index is 11.1. The molecule has 1 heterocycles. The third-order valence-corrected chi connectivity index (χ3v) is 4.04. The summed E-state index contributed by atoms with van der Waals surface area (Å²) < 4.78 is 26.9. The number of hydrogen-bond acceptors (Lipinski definition) is 6. The molecule has 8 heteroatoms. The lowest BCUT2D eigenvalue weighted by molar-refractivity contribution is 0.0924. The second-order valence-electron chi connectivity index (χ2n) is 3.42. The smallest absolute Gasteiger partial charge is 0.300 e. The molecule has 6 nitrogen and oxygen atoms in total. The minimum Gasteiger partial charge on any atom is -0.455 e. The second-order valence-corrected chi connectivity index (χ2v) is 6.79. The highest BCUT2D eigenvalue weighted by molar-refractivity contribution is 7.99. The van der Waals surface area contributed by atoms with Gasteiger partial charge in [-0.2, -0.15) is 11.8 Å². The zero-order chi connectivity index (χ0) is 12.9. The van der Waals surface area contributed by atoms with Crippen LogP contribution >= 0.6 is 11.8 Å². The number of carbonyl (C=O) groups excluding carboxylic acids is 1. The summed E-state index contributed by atoms with van der Waals surface area (Å²) in [6.45, 7) is 0. The summed E-state index contributed by atoms with van der Waals surface area (Å²) in [5.74, 6) is 6.37. The Morgan fingerprint density at radius 2 is 2.24 bits per heavy atom. The number of hydrogen-bond donors (Lipinski definition) is 2. The van der Waals surface area contributed by atoms with Crippen LogP contribution in [0.25, 0.3) is 0 Å². The van der Waals surface area contributed by atoms with E-state index in [2.05, 4.69) is 0 Å².